The number of carbonyl (C=O) groups is 3. The predicted octanol–water partition coefficient (Wildman–Crippen LogP) is 2.53. The van der Waals surface area contributed by atoms with Crippen molar-refractivity contribution in [2.45, 2.75) is 31.0 Å². The summed E-state index contributed by atoms with van der Waals surface area (Å²) in [4.78, 5) is 39.4. The second kappa shape index (κ2) is 8.64. The molecule has 2 heterocycles. The van der Waals surface area contributed by atoms with E-state index in [1.54, 1.807) is 30.3 Å². The standard InChI is InChI=1S/C21H20Cl2N4O4/c22-14-2-1-3-15(18(14)23)26-21(31)24-12-9-17-19(29)25-16(20(30)27(17)10-12)8-11-4-6-13(28)7-5-11/h1-7,12,16-17,28H,8-10H2,(H,25,29)(H2,24,26,31)/t12-,16+,17-/m0/s1. The van der Waals surface area contributed by atoms with Gasteiger partial charge in [0.25, 0.3) is 0 Å². The number of nitrogens with one attached hydrogen (secondary N) is 3. The van der Waals surface area contributed by atoms with Crippen LogP contribution in [0.25, 0.3) is 0 Å². The van der Waals surface area contributed by atoms with Crippen LogP contribution in [0.2, 0.25) is 10.0 Å². The molecule has 10 heteroatoms. The lowest BCUT2D eigenvalue weighted by Crippen LogP contribution is -2.61. The summed E-state index contributed by atoms with van der Waals surface area (Å²) in [5.41, 5.74) is 1.19. The molecule has 0 bridgehead atoms. The van der Waals surface area contributed by atoms with Crippen molar-refractivity contribution in [2.24, 2.45) is 0 Å². The summed E-state index contributed by atoms with van der Waals surface area (Å²) in [7, 11) is 0. The number of piperazine rings is 1. The maximum atomic E-state index is 12.9. The van der Waals surface area contributed by atoms with Gasteiger partial charge in [0.05, 0.1) is 21.8 Å². The zero-order valence-corrected chi connectivity index (χ0v) is 17.8. The van der Waals surface area contributed by atoms with Crippen LogP contribution < -0.4 is 16.0 Å². The Morgan fingerprint density at radius 2 is 1.90 bits per heavy atom. The number of rotatable bonds is 4. The lowest BCUT2D eigenvalue weighted by atomic mass is 10.0. The van der Waals surface area contributed by atoms with Gasteiger partial charge in [0.1, 0.15) is 17.8 Å². The highest BCUT2D eigenvalue weighted by molar-refractivity contribution is 6.43. The summed E-state index contributed by atoms with van der Waals surface area (Å²) in [5, 5.41) is 18.2. The average molecular weight is 463 g/mol. The minimum atomic E-state index is -0.689. The number of aromatic hydroxyl groups is 1. The van der Waals surface area contributed by atoms with Crippen molar-refractivity contribution < 1.29 is 19.5 Å². The number of urea groups is 1. The molecule has 2 aliphatic rings. The van der Waals surface area contributed by atoms with E-state index in [4.69, 9.17) is 23.2 Å². The molecule has 162 valence electrons. The molecule has 0 saturated carbocycles. The van der Waals surface area contributed by atoms with Gasteiger partial charge in [-0.3, -0.25) is 9.59 Å². The molecule has 2 aliphatic heterocycles. The Morgan fingerprint density at radius 3 is 2.65 bits per heavy atom. The Labute approximate surface area is 188 Å². The Kier molecular flexibility index (Phi) is 5.93. The maximum Gasteiger partial charge on any atom is 0.319 e. The second-order valence-corrected chi connectivity index (χ2v) is 8.36. The predicted molar refractivity (Wildman–Crippen MR) is 116 cm³/mol. The number of benzene rings is 2. The minimum absolute atomic E-state index is 0.133. The highest BCUT2D eigenvalue weighted by Gasteiger charge is 2.46. The van der Waals surface area contributed by atoms with Crippen LogP contribution in [0.1, 0.15) is 12.0 Å². The lowest BCUT2D eigenvalue weighted by Gasteiger charge is -2.34. The molecule has 4 N–H and O–H groups in total. The zero-order valence-electron chi connectivity index (χ0n) is 16.3. The summed E-state index contributed by atoms with van der Waals surface area (Å²) < 4.78 is 0. The number of hydrogen-bond donors (Lipinski definition) is 4. The van der Waals surface area contributed by atoms with E-state index in [-0.39, 0.29) is 35.2 Å². The van der Waals surface area contributed by atoms with Crippen molar-refractivity contribution in [1.82, 2.24) is 15.5 Å². The van der Waals surface area contributed by atoms with Crippen LogP contribution in [0.4, 0.5) is 10.5 Å². The van der Waals surface area contributed by atoms with E-state index in [9.17, 15) is 19.5 Å². The molecule has 4 rings (SSSR count). The van der Waals surface area contributed by atoms with Crippen molar-refractivity contribution in [1.29, 1.82) is 0 Å². The molecular weight excluding hydrogens is 443 g/mol. The van der Waals surface area contributed by atoms with Gasteiger partial charge in [-0.25, -0.2) is 4.79 Å². The molecule has 0 radical (unpaired) electrons. The quantitative estimate of drug-likeness (QED) is 0.559. The van der Waals surface area contributed by atoms with Crippen LogP contribution in [-0.2, 0) is 16.0 Å². The number of anilines is 1. The third kappa shape index (κ3) is 4.55. The molecule has 2 fully saturated rings. The molecule has 0 unspecified atom stereocenters. The molecule has 4 amide bonds. The first-order valence-electron chi connectivity index (χ1n) is 9.72. The van der Waals surface area contributed by atoms with Gasteiger partial charge >= 0.3 is 6.03 Å². The number of carbonyl (C=O) groups excluding carboxylic acids is 3. The molecule has 0 aliphatic carbocycles. The smallest absolute Gasteiger partial charge is 0.319 e. The van der Waals surface area contributed by atoms with E-state index in [2.05, 4.69) is 16.0 Å². The highest BCUT2D eigenvalue weighted by Crippen LogP contribution is 2.30. The van der Waals surface area contributed by atoms with Gasteiger partial charge < -0.3 is 26.0 Å². The Bertz CT molecular complexity index is 1030. The topological polar surface area (TPSA) is 111 Å². The summed E-state index contributed by atoms with van der Waals surface area (Å²) in [5.74, 6) is -0.306. The summed E-state index contributed by atoms with van der Waals surface area (Å²) in [6.07, 6.45) is 0.639. The average Bonchev–Trinajstić information content (AvgIpc) is 3.15. The minimum Gasteiger partial charge on any atom is -0.508 e. The van der Waals surface area contributed by atoms with Gasteiger partial charge in [-0.2, -0.15) is 0 Å². The molecule has 2 aromatic rings. The number of phenolic OH excluding ortho intramolecular Hbond substituents is 1. The summed E-state index contributed by atoms with van der Waals surface area (Å²) in [6, 6.07) is 9.19. The van der Waals surface area contributed by atoms with Crippen LogP contribution in [0.15, 0.2) is 42.5 Å². The highest BCUT2D eigenvalue weighted by atomic mass is 35.5. The van der Waals surface area contributed by atoms with Gasteiger partial charge in [-0.1, -0.05) is 41.4 Å². The molecule has 2 aromatic carbocycles. The van der Waals surface area contributed by atoms with Crippen LogP contribution in [0, 0.1) is 0 Å². The Morgan fingerprint density at radius 1 is 1.16 bits per heavy atom. The van der Waals surface area contributed by atoms with Gasteiger partial charge in [0.2, 0.25) is 11.8 Å². The molecule has 0 aromatic heterocycles. The van der Waals surface area contributed by atoms with Crippen LogP contribution in [0.5, 0.6) is 5.75 Å². The molecule has 3 atom stereocenters. The van der Waals surface area contributed by atoms with Crippen molar-refractivity contribution in [3.8, 4) is 5.75 Å². The fourth-order valence-electron chi connectivity index (χ4n) is 3.91. The van der Waals surface area contributed by atoms with E-state index in [1.807, 2.05) is 0 Å². The van der Waals surface area contributed by atoms with Crippen LogP contribution in [0.3, 0.4) is 0 Å². The van der Waals surface area contributed by atoms with Crippen molar-refractivity contribution in [3.05, 3.63) is 58.1 Å². The molecule has 0 spiro atoms. The molecule has 31 heavy (non-hydrogen) atoms. The Balaban J connectivity index is 1.38. The third-order valence-electron chi connectivity index (χ3n) is 5.41. The van der Waals surface area contributed by atoms with Crippen LogP contribution >= 0.6 is 23.2 Å². The number of fused-ring (bicyclic) bond motifs is 1. The van der Waals surface area contributed by atoms with Crippen LogP contribution in [-0.4, -0.2) is 52.5 Å². The van der Waals surface area contributed by atoms with Gasteiger partial charge in [0.15, 0.2) is 0 Å². The second-order valence-electron chi connectivity index (χ2n) is 7.57. The summed E-state index contributed by atoms with van der Waals surface area (Å²) >= 11 is 12.0. The molecule has 8 nitrogen and oxygen atoms in total. The SMILES string of the molecule is O=C(Nc1cccc(Cl)c1Cl)N[C@H]1C[C@H]2C(=O)N[C@H](Cc3ccc(O)cc3)C(=O)N2C1. The maximum absolute atomic E-state index is 12.9. The number of hydrogen-bond acceptors (Lipinski definition) is 4. The first kappa shape index (κ1) is 21.3. The van der Waals surface area contributed by atoms with Crippen molar-refractivity contribution >= 4 is 46.7 Å². The van der Waals surface area contributed by atoms with Crippen molar-refractivity contribution in [2.75, 3.05) is 11.9 Å². The van der Waals surface area contributed by atoms with E-state index in [1.165, 1.54) is 17.0 Å². The van der Waals surface area contributed by atoms with E-state index in [0.29, 0.717) is 23.6 Å². The Hall–Kier alpha value is -2.97. The normalized spacial score (nSPS) is 22.6. The number of halogens is 2. The lowest BCUT2D eigenvalue weighted by molar-refractivity contribution is -0.147. The number of nitrogens with zero attached hydrogens (tertiary/aromatic N) is 1. The van der Waals surface area contributed by atoms with Crippen molar-refractivity contribution in [3.63, 3.8) is 0 Å². The van der Waals surface area contributed by atoms with E-state index >= 15 is 0 Å². The monoisotopic (exact) mass is 462 g/mol. The third-order valence-corrected chi connectivity index (χ3v) is 6.23. The molecule has 2 saturated heterocycles. The van der Waals surface area contributed by atoms with E-state index < -0.39 is 18.1 Å². The first-order chi connectivity index (χ1) is 14.8. The largest absolute Gasteiger partial charge is 0.508 e. The number of amides is 4. The fourth-order valence-corrected chi connectivity index (χ4v) is 4.26. The number of phenols is 1. The van der Waals surface area contributed by atoms with Gasteiger partial charge in [-0.15, -0.1) is 0 Å². The van der Waals surface area contributed by atoms with E-state index in [0.717, 1.165) is 5.56 Å². The van der Waals surface area contributed by atoms with Gasteiger partial charge in [0, 0.05) is 13.0 Å². The molecular formula is C21H20Cl2N4O4. The van der Waals surface area contributed by atoms with Gasteiger partial charge in [-0.05, 0) is 36.2 Å². The zero-order chi connectivity index (χ0) is 22.1. The summed E-state index contributed by atoms with van der Waals surface area (Å²) in [6.45, 7) is 0.236. The first-order valence-corrected chi connectivity index (χ1v) is 10.5. The fraction of sp³-hybridized carbons (Fsp3) is 0.286.